The van der Waals surface area contributed by atoms with E-state index in [-0.39, 0.29) is 28.8 Å². The smallest absolute Gasteiger partial charge is 0.330 e. The number of hydrogen-bond acceptors (Lipinski definition) is 5. The second kappa shape index (κ2) is 10.3. The van der Waals surface area contributed by atoms with E-state index in [0.29, 0.717) is 17.8 Å². The number of aryl methyl sites for hydroxylation is 1. The largest absolute Gasteiger partial charge is 0.416 e. The first kappa shape index (κ1) is 28.9. The number of alkyl halides is 9. The van der Waals surface area contributed by atoms with Crippen LogP contribution in [0.4, 0.5) is 45.5 Å². The molecule has 5 aromatic rings. The number of hydrogen-bond donors (Lipinski definition) is 0. The summed E-state index contributed by atoms with van der Waals surface area (Å²) in [6.45, 7) is -1.07. The van der Waals surface area contributed by atoms with Gasteiger partial charge in [-0.05, 0) is 58.8 Å². The number of nitrogens with zero attached hydrogens (tertiary/aromatic N) is 7. The molecule has 0 unspecified atom stereocenters. The van der Waals surface area contributed by atoms with Gasteiger partial charge in [0.05, 0.1) is 29.4 Å². The second-order valence-electron chi connectivity index (χ2n) is 9.31. The number of aromatic nitrogens is 6. The van der Waals surface area contributed by atoms with Gasteiger partial charge in [-0.3, -0.25) is 0 Å². The van der Waals surface area contributed by atoms with Crippen molar-refractivity contribution in [2.24, 2.45) is 7.05 Å². The molecule has 3 aromatic heterocycles. The SMILES string of the molecule is Cn1nnc(N(Cc2cc(C(F)(F)F)cc(C(F)(F)F)c2)Cc2cc(C(F)(F)F)ccc2-c2cn3ccccc3n2)n1. The van der Waals surface area contributed by atoms with Gasteiger partial charge in [0.1, 0.15) is 5.65 Å². The molecule has 0 radical (unpaired) electrons. The minimum Gasteiger partial charge on any atom is -0.330 e. The molecule has 0 atom stereocenters. The Kier molecular flexibility index (Phi) is 7.10. The third kappa shape index (κ3) is 6.16. The molecule has 42 heavy (non-hydrogen) atoms. The average molecular weight is 599 g/mol. The summed E-state index contributed by atoms with van der Waals surface area (Å²) in [6, 6.07) is 9.07. The normalized spacial score (nSPS) is 12.7. The summed E-state index contributed by atoms with van der Waals surface area (Å²) in [4.78, 5) is 6.57. The Balaban J connectivity index is 1.63. The van der Waals surface area contributed by atoms with Crippen LogP contribution < -0.4 is 4.90 Å². The van der Waals surface area contributed by atoms with Gasteiger partial charge in [-0.2, -0.15) is 44.3 Å². The van der Waals surface area contributed by atoms with E-state index < -0.39 is 53.9 Å². The van der Waals surface area contributed by atoms with Crippen LogP contribution in [0.3, 0.4) is 0 Å². The zero-order chi connectivity index (χ0) is 30.4. The Morgan fingerprint density at radius 1 is 0.762 bits per heavy atom. The molecule has 7 nitrogen and oxygen atoms in total. The summed E-state index contributed by atoms with van der Waals surface area (Å²) in [5, 5.41) is 11.4. The minimum absolute atomic E-state index is 0.0112. The lowest BCUT2D eigenvalue weighted by atomic mass is 10.00. The molecule has 0 bridgehead atoms. The van der Waals surface area contributed by atoms with Crippen LogP contribution in [0.1, 0.15) is 27.8 Å². The molecule has 16 heteroatoms. The van der Waals surface area contributed by atoms with E-state index in [1.54, 1.807) is 35.0 Å². The predicted molar refractivity (Wildman–Crippen MR) is 131 cm³/mol. The van der Waals surface area contributed by atoms with E-state index in [4.69, 9.17) is 0 Å². The van der Waals surface area contributed by atoms with Crippen LogP contribution in [0.15, 0.2) is 67.0 Å². The average Bonchev–Trinajstić information content (AvgIpc) is 3.53. The molecule has 5 rings (SSSR count). The van der Waals surface area contributed by atoms with Crippen LogP contribution in [0.2, 0.25) is 0 Å². The Hall–Kier alpha value is -4.63. The molecule has 2 aromatic carbocycles. The highest BCUT2D eigenvalue weighted by molar-refractivity contribution is 5.67. The van der Waals surface area contributed by atoms with Crippen molar-refractivity contribution in [1.29, 1.82) is 0 Å². The fraction of sp³-hybridized carbons (Fsp3) is 0.231. The Morgan fingerprint density at radius 3 is 2.00 bits per heavy atom. The maximum Gasteiger partial charge on any atom is 0.416 e. The van der Waals surface area contributed by atoms with Crippen LogP contribution in [0.25, 0.3) is 16.9 Å². The van der Waals surface area contributed by atoms with E-state index in [1.165, 1.54) is 13.1 Å². The molecule has 0 aliphatic rings. The first-order chi connectivity index (χ1) is 19.6. The van der Waals surface area contributed by atoms with Crippen molar-refractivity contribution in [2.45, 2.75) is 31.6 Å². The molecular formula is C26H18F9N7. The highest BCUT2D eigenvalue weighted by Crippen LogP contribution is 2.38. The standard InChI is InChI=1S/C26H18F9N7/c1-40-38-23(37-39-40)42(12-15-8-18(25(30,31)32)11-19(9-15)26(33,34)35)13-16-10-17(24(27,28)29)5-6-20(16)21-14-41-7-3-2-4-22(41)36-21/h2-11,14H,12-13H2,1H3. The Labute approximate surface area is 230 Å². The van der Waals surface area contributed by atoms with Crippen LogP contribution in [0, 0.1) is 0 Å². The van der Waals surface area contributed by atoms with Crippen molar-refractivity contribution in [3.05, 3.63) is 94.8 Å². The van der Waals surface area contributed by atoms with Gasteiger partial charge >= 0.3 is 18.5 Å². The molecule has 0 amide bonds. The van der Waals surface area contributed by atoms with Gasteiger partial charge < -0.3 is 9.30 Å². The molecule has 0 saturated heterocycles. The third-order valence-corrected chi connectivity index (χ3v) is 6.24. The van der Waals surface area contributed by atoms with Gasteiger partial charge in [0.15, 0.2) is 0 Å². The zero-order valence-electron chi connectivity index (χ0n) is 21.3. The van der Waals surface area contributed by atoms with Crippen LogP contribution >= 0.6 is 0 Å². The number of benzene rings is 2. The van der Waals surface area contributed by atoms with Crippen LogP contribution in [-0.4, -0.2) is 29.6 Å². The lowest BCUT2D eigenvalue weighted by Crippen LogP contribution is -2.25. The maximum atomic E-state index is 13.7. The summed E-state index contributed by atoms with van der Waals surface area (Å²) >= 11 is 0. The number of anilines is 1. The number of imidazole rings is 1. The molecule has 3 heterocycles. The lowest BCUT2D eigenvalue weighted by Gasteiger charge is -2.24. The summed E-state index contributed by atoms with van der Waals surface area (Å²) in [5.74, 6) is -0.234. The van der Waals surface area contributed by atoms with E-state index in [2.05, 4.69) is 20.4 Å². The van der Waals surface area contributed by atoms with Crippen molar-refractivity contribution in [1.82, 2.24) is 29.6 Å². The Bertz CT molecular complexity index is 1670. The molecule has 220 valence electrons. The van der Waals surface area contributed by atoms with E-state index in [1.807, 2.05) is 0 Å². The minimum atomic E-state index is -5.09. The van der Waals surface area contributed by atoms with Crippen molar-refractivity contribution < 1.29 is 39.5 Å². The van der Waals surface area contributed by atoms with Gasteiger partial charge in [0.2, 0.25) is 0 Å². The monoisotopic (exact) mass is 599 g/mol. The van der Waals surface area contributed by atoms with Crippen molar-refractivity contribution in [3.63, 3.8) is 0 Å². The van der Waals surface area contributed by atoms with Crippen molar-refractivity contribution in [3.8, 4) is 11.3 Å². The molecule has 0 aliphatic carbocycles. The second-order valence-corrected chi connectivity index (χ2v) is 9.31. The predicted octanol–water partition coefficient (Wildman–Crippen LogP) is 6.79. The number of rotatable bonds is 6. The maximum absolute atomic E-state index is 13.7. The molecule has 0 fully saturated rings. The van der Waals surface area contributed by atoms with E-state index in [9.17, 15) is 39.5 Å². The van der Waals surface area contributed by atoms with Crippen molar-refractivity contribution in [2.75, 3.05) is 4.90 Å². The quantitative estimate of drug-likeness (QED) is 0.201. The van der Waals surface area contributed by atoms with Crippen LogP contribution in [-0.2, 0) is 38.7 Å². The van der Waals surface area contributed by atoms with Gasteiger partial charge in [-0.1, -0.05) is 17.2 Å². The van der Waals surface area contributed by atoms with Crippen molar-refractivity contribution >= 4 is 11.6 Å². The molecule has 0 aliphatic heterocycles. The third-order valence-electron chi connectivity index (χ3n) is 6.24. The van der Waals surface area contributed by atoms with Gasteiger partial charge in [-0.15, -0.1) is 5.10 Å². The molecule has 0 spiro atoms. The Morgan fingerprint density at radius 2 is 1.43 bits per heavy atom. The summed E-state index contributed by atoms with van der Waals surface area (Å²) < 4.78 is 124. The fourth-order valence-electron chi connectivity index (χ4n) is 4.35. The zero-order valence-corrected chi connectivity index (χ0v) is 21.3. The summed E-state index contributed by atoms with van der Waals surface area (Å²) in [7, 11) is 1.37. The number of pyridine rings is 1. The van der Waals surface area contributed by atoms with Gasteiger partial charge in [0.25, 0.3) is 5.95 Å². The van der Waals surface area contributed by atoms with Gasteiger partial charge in [-0.25, -0.2) is 4.98 Å². The topological polar surface area (TPSA) is 64.1 Å². The van der Waals surface area contributed by atoms with Crippen LogP contribution in [0.5, 0.6) is 0 Å². The summed E-state index contributed by atoms with van der Waals surface area (Å²) in [5.41, 5.74) is -3.47. The van der Waals surface area contributed by atoms with E-state index >= 15 is 0 Å². The first-order valence-corrected chi connectivity index (χ1v) is 12.0. The van der Waals surface area contributed by atoms with E-state index in [0.717, 1.165) is 21.8 Å². The summed E-state index contributed by atoms with van der Waals surface area (Å²) in [6.07, 6.45) is -11.7. The molecule has 0 saturated carbocycles. The highest BCUT2D eigenvalue weighted by atomic mass is 19.4. The molecular weight excluding hydrogens is 581 g/mol. The highest BCUT2D eigenvalue weighted by Gasteiger charge is 2.37. The number of fused-ring (bicyclic) bond motifs is 1. The lowest BCUT2D eigenvalue weighted by molar-refractivity contribution is -0.143. The first-order valence-electron chi connectivity index (χ1n) is 12.0. The number of tetrazole rings is 1. The van der Waals surface area contributed by atoms with Gasteiger partial charge in [0, 0.05) is 31.0 Å². The fourth-order valence-corrected chi connectivity index (χ4v) is 4.35. The number of halogens is 9. The molecule has 0 N–H and O–H groups in total.